The van der Waals surface area contributed by atoms with Crippen LogP contribution < -0.4 is 5.32 Å². The van der Waals surface area contributed by atoms with E-state index in [1.54, 1.807) is 24.5 Å². The normalized spacial score (nSPS) is 10.3. The lowest BCUT2D eigenvalue weighted by atomic mass is 10.2. The third-order valence-electron chi connectivity index (χ3n) is 2.66. The van der Waals surface area contributed by atoms with Gasteiger partial charge < -0.3 is 4.42 Å². The first-order valence-corrected chi connectivity index (χ1v) is 6.03. The number of aromatic nitrogens is 3. The predicted molar refractivity (Wildman–Crippen MR) is 71.9 cm³/mol. The number of pyridine rings is 1. The summed E-state index contributed by atoms with van der Waals surface area (Å²) in [6.07, 6.45) is 3.19. The van der Waals surface area contributed by atoms with Gasteiger partial charge in [0.15, 0.2) is 0 Å². The largest absolute Gasteiger partial charge is 0.403 e. The predicted octanol–water partition coefficient (Wildman–Crippen LogP) is 2.52. The van der Waals surface area contributed by atoms with E-state index in [2.05, 4.69) is 20.5 Å². The van der Waals surface area contributed by atoms with E-state index >= 15 is 0 Å². The van der Waals surface area contributed by atoms with Gasteiger partial charge in [0, 0.05) is 18.0 Å². The number of nitrogens with zero attached hydrogens (tertiary/aromatic N) is 3. The molecule has 104 valence electrons. The van der Waals surface area contributed by atoms with Crippen LogP contribution >= 0.6 is 0 Å². The Hall–Kier alpha value is -3.09. The average molecular weight is 284 g/mol. The van der Waals surface area contributed by atoms with Crippen LogP contribution in [0.3, 0.4) is 0 Å². The van der Waals surface area contributed by atoms with E-state index in [-0.39, 0.29) is 17.5 Å². The maximum atomic E-state index is 12.8. The van der Waals surface area contributed by atoms with Crippen LogP contribution in [0.4, 0.5) is 10.4 Å². The van der Waals surface area contributed by atoms with E-state index in [1.165, 1.54) is 24.3 Å². The summed E-state index contributed by atoms with van der Waals surface area (Å²) in [5.74, 6) is -0.628. The van der Waals surface area contributed by atoms with E-state index < -0.39 is 11.7 Å². The standard InChI is InChI=1S/C14H9FN4O2/c15-11-5-3-9(4-6-11)12(20)17-14-19-18-13(21-14)10-2-1-7-16-8-10/h1-8H,(H,17,19,20). The molecule has 0 bridgehead atoms. The van der Waals surface area contributed by atoms with Gasteiger partial charge in [-0.3, -0.25) is 15.1 Å². The first kappa shape index (κ1) is 12.9. The third kappa shape index (κ3) is 2.92. The number of carbonyl (C=O) groups excluding carboxylic acids is 1. The van der Waals surface area contributed by atoms with Gasteiger partial charge in [0.05, 0.1) is 5.56 Å². The number of benzene rings is 1. The highest BCUT2D eigenvalue weighted by Crippen LogP contribution is 2.18. The molecular weight excluding hydrogens is 275 g/mol. The van der Waals surface area contributed by atoms with Crippen molar-refractivity contribution in [3.63, 3.8) is 0 Å². The lowest BCUT2D eigenvalue weighted by molar-refractivity contribution is 0.102. The molecule has 0 saturated heterocycles. The van der Waals surface area contributed by atoms with Gasteiger partial charge in [0.2, 0.25) is 0 Å². The van der Waals surface area contributed by atoms with Crippen molar-refractivity contribution >= 4 is 11.9 Å². The Labute approximate surface area is 118 Å². The maximum Gasteiger partial charge on any atom is 0.322 e. The molecule has 6 nitrogen and oxygen atoms in total. The molecule has 0 atom stereocenters. The van der Waals surface area contributed by atoms with Crippen LogP contribution in [0, 0.1) is 5.82 Å². The molecule has 0 unspecified atom stereocenters. The van der Waals surface area contributed by atoms with Crippen LogP contribution in [0.1, 0.15) is 10.4 Å². The molecule has 1 amide bonds. The van der Waals surface area contributed by atoms with Gasteiger partial charge >= 0.3 is 6.01 Å². The van der Waals surface area contributed by atoms with Gasteiger partial charge in [-0.05, 0) is 36.4 Å². The first-order chi connectivity index (χ1) is 10.2. The van der Waals surface area contributed by atoms with E-state index in [9.17, 15) is 9.18 Å². The number of nitrogens with one attached hydrogen (secondary N) is 1. The number of amides is 1. The summed E-state index contributed by atoms with van der Waals surface area (Å²) in [5.41, 5.74) is 0.935. The fourth-order valence-electron chi connectivity index (χ4n) is 1.65. The average Bonchev–Trinajstić information content (AvgIpc) is 2.97. The minimum Gasteiger partial charge on any atom is -0.403 e. The number of hydrogen-bond acceptors (Lipinski definition) is 5. The van der Waals surface area contributed by atoms with E-state index in [4.69, 9.17) is 4.42 Å². The van der Waals surface area contributed by atoms with Gasteiger partial charge in [-0.1, -0.05) is 5.10 Å². The van der Waals surface area contributed by atoms with E-state index in [0.717, 1.165) is 0 Å². The van der Waals surface area contributed by atoms with Crippen molar-refractivity contribution in [2.24, 2.45) is 0 Å². The van der Waals surface area contributed by atoms with Crippen LogP contribution in [0.5, 0.6) is 0 Å². The highest BCUT2D eigenvalue weighted by atomic mass is 19.1. The summed E-state index contributed by atoms with van der Waals surface area (Å²) >= 11 is 0. The molecule has 3 rings (SSSR count). The summed E-state index contributed by atoms with van der Waals surface area (Å²) in [4.78, 5) is 15.8. The van der Waals surface area contributed by atoms with Crippen LogP contribution in [-0.2, 0) is 0 Å². The minimum absolute atomic E-state index is 0.0387. The number of hydrogen-bond donors (Lipinski definition) is 1. The highest BCUT2D eigenvalue weighted by Gasteiger charge is 2.12. The third-order valence-corrected chi connectivity index (χ3v) is 2.66. The van der Waals surface area contributed by atoms with Gasteiger partial charge in [-0.15, -0.1) is 5.10 Å². The summed E-state index contributed by atoms with van der Waals surface area (Å²) in [7, 11) is 0. The molecule has 1 N–H and O–H groups in total. The summed E-state index contributed by atoms with van der Waals surface area (Å²) in [6.45, 7) is 0. The number of halogens is 1. The van der Waals surface area contributed by atoms with Gasteiger partial charge in [0.25, 0.3) is 11.8 Å². The quantitative estimate of drug-likeness (QED) is 0.799. The molecule has 3 aromatic rings. The monoisotopic (exact) mass is 284 g/mol. The maximum absolute atomic E-state index is 12.8. The zero-order chi connectivity index (χ0) is 14.7. The lowest BCUT2D eigenvalue weighted by Crippen LogP contribution is -2.12. The molecule has 0 aliphatic carbocycles. The van der Waals surface area contributed by atoms with Crippen LogP contribution in [0.2, 0.25) is 0 Å². The number of carbonyl (C=O) groups is 1. The fraction of sp³-hybridized carbons (Fsp3) is 0. The van der Waals surface area contributed by atoms with Crippen LogP contribution in [-0.4, -0.2) is 21.1 Å². The van der Waals surface area contributed by atoms with Crippen molar-refractivity contribution in [1.29, 1.82) is 0 Å². The molecular formula is C14H9FN4O2. The van der Waals surface area contributed by atoms with Crippen molar-refractivity contribution in [1.82, 2.24) is 15.2 Å². The zero-order valence-corrected chi connectivity index (χ0v) is 10.7. The Morgan fingerprint density at radius 1 is 1.14 bits per heavy atom. The Balaban J connectivity index is 1.75. The van der Waals surface area contributed by atoms with E-state index in [1.807, 2.05) is 0 Å². The van der Waals surface area contributed by atoms with Crippen molar-refractivity contribution in [2.75, 3.05) is 5.32 Å². The van der Waals surface area contributed by atoms with E-state index in [0.29, 0.717) is 5.56 Å². The molecule has 0 saturated carbocycles. The Morgan fingerprint density at radius 3 is 2.67 bits per heavy atom. The summed E-state index contributed by atoms with van der Waals surface area (Å²) in [5, 5.41) is 9.99. The summed E-state index contributed by atoms with van der Waals surface area (Å²) in [6, 6.07) is 8.57. The second-order valence-corrected chi connectivity index (χ2v) is 4.12. The molecule has 7 heteroatoms. The Morgan fingerprint density at radius 2 is 1.95 bits per heavy atom. The molecule has 21 heavy (non-hydrogen) atoms. The fourth-order valence-corrected chi connectivity index (χ4v) is 1.65. The number of anilines is 1. The second-order valence-electron chi connectivity index (χ2n) is 4.12. The minimum atomic E-state index is -0.462. The van der Waals surface area contributed by atoms with Crippen molar-refractivity contribution in [3.8, 4) is 11.5 Å². The molecule has 0 aliphatic heterocycles. The second kappa shape index (κ2) is 5.49. The topological polar surface area (TPSA) is 80.9 Å². The first-order valence-electron chi connectivity index (χ1n) is 6.03. The van der Waals surface area contributed by atoms with Crippen LogP contribution in [0.15, 0.2) is 53.2 Å². The molecule has 0 aliphatic rings. The Bertz CT molecular complexity index is 756. The van der Waals surface area contributed by atoms with Gasteiger partial charge in [-0.2, -0.15) is 0 Å². The van der Waals surface area contributed by atoms with Crippen LogP contribution in [0.25, 0.3) is 11.5 Å². The molecule has 1 aromatic carbocycles. The molecule has 2 heterocycles. The van der Waals surface area contributed by atoms with Gasteiger partial charge in [0.1, 0.15) is 5.82 Å². The lowest BCUT2D eigenvalue weighted by Gasteiger charge is -1.99. The molecule has 0 fully saturated rings. The van der Waals surface area contributed by atoms with Crippen molar-refractivity contribution < 1.29 is 13.6 Å². The molecule has 0 radical (unpaired) electrons. The van der Waals surface area contributed by atoms with Crippen molar-refractivity contribution in [3.05, 3.63) is 60.2 Å². The SMILES string of the molecule is O=C(Nc1nnc(-c2cccnc2)o1)c1ccc(F)cc1. The van der Waals surface area contributed by atoms with Gasteiger partial charge in [-0.25, -0.2) is 4.39 Å². The van der Waals surface area contributed by atoms with Crippen molar-refractivity contribution in [2.45, 2.75) is 0 Å². The zero-order valence-electron chi connectivity index (χ0n) is 10.7. The molecule has 2 aromatic heterocycles. The number of rotatable bonds is 3. The molecule has 0 spiro atoms. The Kier molecular flexibility index (Phi) is 3.38. The summed E-state index contributed by atoms with van der Waals surface area (Å²) < 4.78 is 18.1. The smallest absolute Gasteiger partial charge is 0.322 e. The highest BCUT2D eigenvalue weighted by molar-refractivity contribution is 6.03.